The molecule has 26 heavy (non-hydrogen) atoms. The number of hydrogen-bond donors (Lipinski definition) is 0. The van der Waals surface area contributed by atoms with Gasteiger partial charge in [-0.15, -0.1) is 0 Å². The maximum atomic E-state index is 12.9. The molecule has 2 aromatic rings. The van der Waals surface area contributed by atoms with Gasteiger partial charge in [0.1, 0.15) is 36.9 Å². The molecule has 2 saturated heterocycles. The van der Waals surface area contributed by atoms with Crippen LogP contribution < -0.4 is 9.47 Å². The van der Waals surface area contributed by atoms with Crippen LogP contribution in [-0.2, 0) is 20.3 Å². The van der Waals surface area contributed by atoms with Crippen molar-refractivity contribution in [3.05, 3.63) is 33.2 Å². The molecule has 3 heterocycles. The zero-order chi connectivity index (χ0) is 17.8. The summed E-state index contributed by atoms with van der Waals surface area (Å²) in [5, 5.41) is 0. The van der Waals surface area contributed by atoms with Gasteiger partial charge in [0.25, 0.3) is 0 Å². The quantitative estimate of drug-likeness (QED) is 0.479. The highest BCUT2D eigenvalue weighted by atomic mass is 79.9. The molecule has 0 aliphatic carbocycles. The van der Waals surface area contributed by atoms with Crippen LogP contribution in [0.1, 0.15) is 0 Å². The van der Waals surface area contributed by atoms with Gasteiger partial charge in [-0.05, 0) is 56.1 Å². The summed E-state index contributed by atoms with van der Waals surface area (Å²) in [6.45, 7) is 2.52. The first-order valence-electron chi connectivity index (χ1n) is 8.18. The van der Waals surface area contributed by atoms with Gasteiger partial charge < -0.3 is 18.9 Å². The van der Waals surface area contributed by atoms with Crippen LogP contribution in [0.25, 0.3) is 11.1 Å². The van der Waals surface area contributed by atoms with Crippen LogP contribution in [0.15, 0.2) is 43.0 Å². The van der Waals surface area contributed by atoms with Crippen molar-refractivity contribution in [1.29, 1.82) is 0 Å². The highest BCUT2D eigenvalue weighted by molar-refractivity contribution is 9.11. The monoisotopic (exact) mass is 500 g/mol. The number of fused-ring (bicyclic) bond motifs is 3. The van der Waals surface area contributed by atoms with Crippen molar-refractivity contribution in [3.63, 3.8) is 0 Å². The van der Waals surface area contributed by atoms with Crippen molar-refractivity contribution in [2.45, 2.75) is 22.0 Å². The lowest BCUT2D eigenvalue weighted by Crippen LogP contribution is -2.05. The minimum atomic E-state index is -1.23. The van der Waals surface area contributed by atoms with Crippen molar-refractivity contribution in [2.24, 2.45) is 0 Å². The molecule has 0 spiro atoms. The molecule has 2 atom stereocenters. The predicted molar refractivity (Wildman–Crippen MR) is 102 cm³/mol. The molecule has 3 aliphatic heterocycles. The molecule has 5 nitrogen and oxygen atoms in total. The van der Waals surface area contributed by atoms with E-state index in [4.69, 9.17) is 18.9 Å². The lowest BCUT2D eigenvalue weighted by atomic mass is 10.1. The van der Waals surface area contributed by atoms with Gasteiger partial charge in [-0.25, -0.2) is 4.21 Å². The highest BCUT2D eigenvalue weighted by Gasteiger charge is 2.30. The Kier molecular flexibility index (Phi) is 4.36. The van der Waals surface area contributed by atoms with Crippen LogP contribution in [0.5, 0.6) is 11.5 Å². The molecule has 0 saturated carbocycles. The minimum absolute atomic E-state index is 0.178. The number of ether oxygens (including phenoxy) is 4. The molecule has 2 fully saturated rings. The van der Waals surface area contributed by atoms with E-state index >= 15 is 0 Å². The summed E-state index contributed by atoms with van der Waals surface area (Å²) < 4.78 is 36.6. The van der Waals surface area contributed by atoms with Gasteiger partial charge in [-0.3, -0.25) is 0 Å². The molecular weight excluding hydrogens is 488 g/mol. The fraction of sp³-hybridized carbons (Fsp3) is 0.333. The highest BCUT2D eigenvalue weighted by Crippen LogP contribution is 2.48. The third kappa shape index (κ3) is 3.22. The number of halogens is 2. The lowest BCUT2D eigenvalue weighted by Gasteiger charge is -2.11. The van der Waals surface area contributed by atoms with E-state index in [0.717, 1.165) is 54.6 Å². The van der Waals surface area contributed by atoms with E-state index in [1.54, 1.807) is 0 Å². The van der Waals surface area contributed by atoms with Crippen LogP contribution >= 0.6 is 31.9 Å². The van der Waals surface area contributed by atoms with Crippen LogP contribution in [0.4, 0.5) is 0 Å². The third-order valence-electron chi connectivity index (χ3n) is 4.41. The Balaban J connectivity index is 1.51. The first kappa shape index (κ1) is 17.2. The molecule has 0 N–H and O–H groups in total. The fourth-order valence-electron chi connectivity index (χ4n) is 2.83. The number of rotatable bonds is 6. The van der Waals surface area contributed by atoms with Crippen molar-refractivity contribution in [3.8, 4) is 22.6 Å². The van der Waals surface area contributed by atoms with E-state index in [0.29, 0.717) is 13.2 Å². The van der Waals surface area contributed by atoms with E-state index in [2.05, 4.69) is 31.9 Å². The summed E-state index contributed by atoms with van der Waals surface area (Å²) in [7, 11) is -1.23. The standard InChI is InChI=1S/C18H14Br2O5S/c19-13-3-17-11(1-15(13)24-7-9-5-22-9)12-2-16(25-8-10-6-23-10)14(20)4-18(12)26(17)21/h1-4,9-10H,5-8H2. The van der Waals surface area contributed by atoms with Gasteiger partial charge in [-0.2, -0.15) is 0 Å². The zero-order valence-corrected chi connectivity index (χ0v) is 17.5. The van der Waals surface area contributed by atoms with Gasteiger partial charge in [0.2, 0.25) is 0 Å². The Morgan fingerprint density at radius 1 is 0.885 bits per heavy atom. The molecule has 2 unspecified atom stereocenters. The number of hydrogen-bond acceptors (Lipinski definition) is 5. The third-order valence-corrected chi connectivity index (χ3v) is 7.13. The molecule has 3 aliphatic rings. The van der Waals surface area contributed by atoms with Gasteiger partial charge in [0.15, 0.2) is 0 Å². The summed E-state index contributed by atoms with van der Waals surface area (Å²) in [4.78, 5) is 1.55. The number of benzene rings is 2. The molecule has 2 aromatic carbocycles. The Bertz CT molecular complexity index is 851. The van der Waals surface area contributed by atoms with Crippen LogP contribution in [-0.4, -0.2) is 42.8 Å². The second kappa shape index (κ2) is 6.60. The maximum Gasteiger partial charge on any atom is 0.134 e. The topological polar surface area (TPSA) is 60.6 Å². The minimum Gasteiger partial charge on any atom is -0.490 e. The molecule has 0 aromatic heterocycles. The Morgan fingerprint density at radius 3 is 1.69 bits per heavy atom. The Labute approximate surface area is 169 Å². The Hall–Kier alpha value is -0.930. The normalized spacial score (nSPS) is 24.8. The van der Waals surface area contributed by atoms with Gasteiger partial charge in [-0.1, -0.05) is 0 Å². The molecule has 136 valence electrons. The van der Waals surface area contributed by atoms with E-state index in [1.165, 1.54) is 0 Å². The average Bonchev–Trinajstić information content (AvgIpc) is 3.53. The van der Waals surface area contributed by atoms with Crippen LogP contribution in [0.2, 0.25) is 0 Å². The SMILES string of the molecule is O=S1c2cc(Br)c(OCC3CO3)cc2-c2cc(OCC3CO3)c(Br)cc21. The summed E-state index contributed by atoms with van der Waals surface area (Å²) >= 11 is 7.04. The maximum absolute atomic E-state index is 12.9. The zero-order valence-electron chi connectivity index (χ0n) is 13.5. The van der Waals surface area contributed by atoms with E-state index in [-0.39, 0.29) is 12.2 Å². The van der Waals surface area contributed by atoms with E-state index < -0.39 is 10.8 Å². The number of epoxide rings is 2. The first-order chi connectivity index (χ1) is 12.6. The van der Waals surface area contributed by atoms with Gasteiger partial charge in [0.05, 0.1) is 42.7 Å². The molecule has 0 amide bonds. The summed E-state index contributed by atoms with van der Waals surface area (Å²) in [6, 6.07) is 7.63. The first-order valence-corrected chi connectivity index (χ1v) is 10.9. The molecule has 8 heteroatoms. The fourth-order valence-corrected chi connectivity index (χ4v) is 5.47. The van der Waals surface area contributed by atoms with Crippen molar-refractivity contribution in [2.75, 3.05) is 26.4 Å². The van der Waals surface area contributed by atoms with Gasteiger partial charge in [0, 0.05) is 11.1 Å². The molecular formula is C18H14Br2O5S. The smallest absolute Gasteiger partial charge is 0.134 e. The summed E-state index contributed by atoms with van der Waals surface area (Å²) in [5.74, 6) is 1.45. The molecule has 5 rings (SSSR count). The predicted octanol–water partition coefficient (Wildman–Crippen LogP) is 3.91. The second-order valence-corrected chi connectivity index (χ2v) is 9.48. The van der Waals surface area contributed by atoms with Crippen molar-refractivity contribution < 1.29 is 23.2 Å². The Morgan fingerprint density at radius 2 is 1.31 bits per heavy atom. The van der Waals surface area contributed by atoms with E-state index in [9.17, 15) is 4.21 Å². The lowest BCUT2D eigenvalue weighted by molar-refractivity contribution is 0.261. The largest absolute Gasteiger partial charge is 0.490 e. The van der Waals surface area contributed by atoms with E-state index in [1.807, 2.05) is 24.3 Å². The average molecular weight is 502 g/mol. The second-order valence-electron chi connectivity index (χ2n) is 6.36. The summed E-state index contributed by atoms with van der Waals surface area (Å²) in [6.07, 6.45) is 0.356. The van der Waals surface area contributed by atoms with Crippen molar-refractivity contribution >= 4 is 42.7 Å². The van der Waals surface area contributed by atoms with Crippen LogP contribution in [0, 0.1) is 0 Å². The molecule has 0 bridgehead atoms. The summed E-state index contributed by atoms with van der Waals surface area (Å²) in [5.41, 5.74) is 1.82. The van der Waals surface area contributed by atoms with Crippen LogP contribution in [0.3, 0.4) is 0 Å². The van der Waals surface area contributed by atoms with Crippen molar-refractivity contribution in [1.82, 2.24) is 0 Å². The molecule has 0 radical (unpaired) electrons. The van der Waals surface area contributed by atoms with Gasteiger partial charge >= 0.3 is 0 Å².